The smallest absolute Gasteiger partial charge is 0.280 e. The lowest BCUT2D eigenvalue weighted by molar-refractivity contribution is -0.385. The van der Waals surface area contributed by atoms with Gasteiger partial charge >= 0.3 is 0 Å². The molecule has 0 radical (unpaired) electrons. The van der Waals surface area contributed by atoms with Gasteiger partial charge in [-0.25, -0.2) is 0 Å². The van der Waals surface area contributed by atoms with Gasteiger partial charge in [0.25, 0.3) is 5.69 Å². The Morgan fingerprint density at radius 1 is 1.08 bits per heavy atom. The number of para-hydroxylation sites is 1. The van der Waals surface area contributed by atoms with Crippen LogP contribution in [0.5, 0.6) is 5.75 Å². The summed E-state index contributed by atoms with van der Waals surface area (Å²) in [5.74, 6) is -0.419. The van der Waals surface area contributed by atoms with E-state index in [1.54, 1.807) is 26.8 Å². The van der Waals surface area contributed by atoms with Crippen molar-refractivity contribution in [1.29, 1.82) is 0 Å². The van der Waals surface area contributed by atoms with Crippen LogP contribution in [0.25, 0.3) is 0 Å². The molecule has 0 aliphatic rings. The van der Waals surface area contributed by atoms with Crippen LogP contribution >= 0.6 is 11.6 Å². The van der Waals surface area contributed by atoms with Gasteiger partial charge in [0, 0.05) is 17.0 Å². The first-order valence-electron chi connectivity index (χ1n) is 7.84. The minimum absolute atomic E-state index is 0.00398. The van der Waals surface area contributed by atoms with E-state index < -0.39 is 21.7 Å². The van der Waals surface area contributed by atoms with Crippen LogP contribution in [0.3, 0.4) is 0 Å². The number of hydrogen-bond acceptors (Lipinski definition) is 5. The van der Waals surface area contributed by atoms with Gasteiger partial charge in [-0.05, 0) is 30.3 Å². The molecule has 7 heteroatoms. The predicted molar refractivity (Wildman–Crippen MR) is 97.7 cm³/mol. The summed E-state index contributed by atoms with van der Waals surface area (Å²) in [6.45, 7) is 5.22. The molecular formula is C19H18ClNO5. The third kappa shape index (κ3) is 4.46. The average molecular weight is 376 g/mol. The molecule has 0 saturated heterocycles. The number of nitrogens with zero attached hydrogens (tertiary/aromatic N) is 1. The molecule has 0 spiro atoms. The van der Waals surface area contributed by atoms with Crippen LogP contribution in [0.4, 0.5) is 5.69 Å². The Bertz CT molecular complexity index is 840. The number of nitro groups is 1. The Hall–Kier alpha value is -2.73. The van der Waals surface area contributed by atoms with E-state index >= 15 is 0 Å². The molecule has 0 aliphatic carbocycles. The number of nitro benzene ring substituents is 1. The monoisotopic (exact) mass is 375 g/mol. The molecule has 0 amide bonds. The van der Waals surface area contributed by atoms with Crippen molar-refractivity contribution in [2.24, 2.45) is 5.41 Å². The molecule has 26 heavy (non-hydrogen) atoms. The molecule has 1 atom stereocenters. The molecule has 0 heterocycles. The highest BCUT2D eigenvalue weighted by Crippen LogP contribution is 2.25. The molecule has 2 rings (SSSR count). The molecule has 0 bridgehead atoms. The Morgan fingerprint density at radius 2 is 1.65 bits per heavy atom. The van der Waals surface area contributed by atoms with Crippen LogP contribution < -0.4 is 4.74 Å². The number of ether oxygens (including phenoxy) is 1. The topological polar surface area (TPSA) is 86.5 Å². The van der Waals surface area contributed by atoms with E-state index in [1.165, 1.54) is 42.5 Å². The SMILES string of the molecule is CC(C)(C)C(=O)C(Cl)Oc1ccc(C(=O)c2ccccc2[N+](=O)[O-])cc1. The van der Waals surface area contributed by atoms with Gasteiger partial charge in [0.2, 0.25) is 5.56 Å². The fourth-order valence-corrected chi connectivity index (χ4v) is 2.61. The molecule has 2 aromatic rings. The summed E-state index contributed by atoms with van der Waals surface area (Å²) < 4.78 is 5.40. The highest BCUT2D eigenvalue weighted by Gasteiger charge is 2.29. The fourth-order valence-electron chi connectivity index (χ4n) is 2.18. The van der Waals surface area contributed by atoms with E-state index in [0.717, 1.165) is 0 Å². The molecule has 0 aliphatic heterocycles. The maximum Gasteiger partial charge on any atom is 0.280 e. The molecule has 6 nitrogen and oxygen atoms in total. The first kappa shape index (κ1) is 19.6. The van der Waals surface area contributed by atoms with Crippen LogP contribution in [0.15, 0.2) is 48.5 Å². The third-order valence-corrected chi connectivity index (χ3v) is 3.93. The number of hydrogen-bond donors (Lipinski definition) is 0. The maximum atomic E-state index is 12.5. The number of rotatable bonds is 6. The van der Waals surface area contributed by atoms with E-state index in [2.05, 4.69) is 0 Å². The predicted octanol–water partition coefficient (Wildman–Crippen LogP) is 4.38. The fraction of sp³-hybridized carbons (Fsp3) is 0.263. The first-order valence-corrected chi connectivity index (χ1v) is 8.28. The standard InChI is InChI=1S/C19H18ClNO5/c1-19(2,3)17(23)18(20)26-13-10-8-12(9-11-13)16(22)14-6-4-5-7-15(14)21(24)25/h4-11,18H,1-3H3. The van der Waals surface area contributed by atoms with Crippen molar-refractivity contribution in [2.45, 2.75) is 26.3 Å². The van der Waals surface area contributed by atoms with Gasteiger partial charge in [0.1, 0.15) is 11.3 Å². The molecule has 1 unspecified atom stereocenters. The summed E-state index contributed by atoms with van der Waals surface area (Å²) in [5, 5.41) is 11.1. The van der Waals surface area contributed by atoms with Gasteiger partial charge in [0.05, 0.1) is 4.92 Å². The summed E-state index contributed by atoms with van der Waals surface area (Å²) in [5.41, 5.74) is -1.78. The molecular weight excluding hydrogens is 358 g/mol. The van der Waals surface area contributed by atoms with E-state index in [-0.39, 0.29) is 22.6 Å². The zero-order chi connectivity index (χ0) is 19.5. The van der Waals surface area contributed by atoms with Crippen molar-refractivity contribution in [2.75, 3.05) is 0 Å². The van der Waals surface area contributed by atoms with E-state index in [1.807, 2.05) is 0 Å². The number of alkyl halides is 1. The number of halogens is 1. The highest BCUT2D eigenvalue weighted by atomic mass is 35.5. The van der Waals surface area contributed by atoms with Crippen molar-refractivity contribution in [1.82, 2.24) is 0 Å². The van der Waals surface area contributed by atoms with Crippen molar-refractivity contribution in [3.05, 3.63) is 69.8 Å². The Balaban J connectivity index is 2.19. The van der Waals surface area contributed by atoms with Gasteiger partial charge in [-0.1, -0.05) is 44.5 Å². The number of benzene rings is 2. The van der Waals surface area contributed by atoms with Gasteiger partial charge in [0.15, 0.2) is 11.6 Å². The Labute approximate surface area is 155 Å². The molecule has 0 fully saturated rings. The van der Waals surface area contributed by atoms with Gasteiger partial charge < -0.3 is 4.74 Å². The molecule has 0 aromatic heterocycles. The van der Waals surface area contributed by atoms with Crippen LogP contribution in [0.1, 0.15) is 36.7 Å². The van der Waals surface area contributed by atoms with Gasteiger partial charge in [-0.2, -0.15) is 0 Å². The van der Waals surface area contributed by atoms with Crippen LogP contribution in [0, 0.1) is 15.5 Å². The number of carbonyl (C=O) groups is 2. The second-order valence-electron chi connectivity index (χ2n) is 6.68. The van der Waals surface area contributed by atoms with Crippen LogP contribution in [-0.2, 0) is 4.79 Å². The van der Waals surface area contributed by atoms with E-state index in [9.17, 15) is 19.7 Å². The number of carbonyl (C=O) groups excluding carboxylic acids is 2. The zero-order valence-electron chi connectivity index (χ0n) is 14.6. The van der Waals surface area contributed by atoms with Crippen LogP contribution in [-0.4, -0.2) is 22.1 Å². The minimum atomic E-state index is -1.15. The second kappa shape index (κ2) is 7.66. The summed E-state index contributed by atoms with van der Waals surface area (Å²) in [6, 6.07) is 11.7. The second-order valence-corrected chi connectivity index (χ2v) is 7.07. The minimum Gasteiger partial charge on any atom is -0.467 e. The van der Waals surface area contributed by atoms with Gasteiger partial charge in [-0.15, -0.1) is 0 Å². The summed E-state index contributed by atoms with van der Waals surface area (Å²) in [4.78, 5) is 35.0. The first-order chi connectivity index (χ1) is 12.1. The summed E-state index contributed by atoms with van der Waals surface area (Å²) >= 11 is 5.99. The Morgan fingerprint density at radius 3 is 2.19 bits per heavy atom. The van der Waals surface area contributed by atoms with E-state index in [0.29, 0.717) is 5.75 Å². The summed E-state index contributed by atoms with van der Waals surface area (Å²) in [7, 11) is 0. The molecule has 0 saturated carbocycles. The van der Waals surface area contributed by atoms with E-state index in [4.69, 9.17) is 16.3 Å². The normalized spacial score (nSPS) is 12.3. The third-order valence-electron chi connectivity index (χ3n) is 3.65. The van der Waals surface area contributed by atoms with Crippen molar-refractivity contribution >= 4 is 28.9 Å². The zero-order valence-corrected chi connectivity index (χ0v) is 15.3. The number of Topliss-reactive ketones (excluding diaryl/α,β-unsaturated/α-hetero) is 1. The Kier molecular flexibility index (Phi) is 5.77. The summed E-state index contributed by atoms with van der Waals surface area (Å²) in [6.07, 6.45) is 0. The van der Waals surface area contributed by atoms with Crippen LogP contribution in [0.2, 0.25) is 0 Å². The lowest BCUT2D eigenvalue weighted by atomic mass is 9.91. The molecule has 136 valence electrons. The lowest BCUT2D eigenvalue weighted by Crippen LogP contribution is -2.32. The highest BCUT2D eigenvalue weighted by molar-refractivity contribution is 6.30. The molecule has 2 aromatic carbocycles. The van der Waals surface area contributed by atoms with Gasteiger partial charge in [-0.3, -0.25) is 19.7 Å². The largest absolute Gasteiger partial charge is 0.467 e. The number of ketones is 2. The average Bonchev–Trinajstić information content (AvgIpc) is 2.60. The molecule has 0 N–H and O–H groups in total. The maximum absolute atomic E-state index is 12.5. The van der Waals surface area contributed by atoms with Crippen molar-refractivity contribution < 1.29 is 19.2 Å². The van der Waals surface area contributed by atoms with Crippen molar-refractivity contribution in [3.8, 4) is 5.75 Å². The lowest BCUT2D eigenvalue weighted by Gasteiger charge is -2.21. The quantitative estimate of drug-likeness (QED) is 0.323. The van der Waals surface area contributed by atoms with Crippen molar-refractivity contribution in [3.63, 3.8) is 0 Å².